The fourth-order valence-electron chi connectivity index (χ4n) is 1.51. The summed E-state index contributed by atoms with van der Waals surface area (Å²) >= 11 is 0. The second-order valence-corrected chi connectivity index (χ2v) is 3.84. The predicted octanol–water partition coefficient (Wildman–Crippen LogP) is 1.26. The molecule has 0 bridgehead atoms. The minimum atomic E-state index is 0.255. The van der Waals surface area contributed by atoms with E-state index in [0.29, 0.717) is 24.7 Å². The van der Waals surface area contributed by atoms with Gasteiger partial charge in [0.15, 0.2) is 5.82 Å². The third kappa shape index (κ3) is 3.29. The van der Waals surface area contributed by atoms with Crippen LogP contribution in [0.4, 0.5) is 0 Å². The maximum Gasteiger partial charge on any atom is 0.226 e. The standard InChI is InChI=1S/C12H15N3O2/c13-7-1-2-12-14-11(15-17-12)8-9-3-5-10(16)6-4-9/h3-6,16H,1-2,7-8,13H2. The normalized spacial score (nSPS) is 10.6. The van der Waals surface area contributed by atoms with E-state index in [2.05, 4.69) is 10.1 Å². The first kappa shape index (κ1) is 11.6. The Morgan fingerprint density at radius 1 is 1.24 bits per heavy atom. The van der Waals surface area contributed by atoms with E-state index in [1.54, 1.807) is 12.1 Å². The summed E-state index contributed by atoms with van der Waals surface area (Å²) in [5.41, 5.74) is 6.44. The SMILES string of the molecule is NCCCc1nc(Cc2ccc(O)cc2)no1. The van der Waals surface area contributed by atoms with Gasteiger partial charge in [-0.15, -0.1) is 0 Å². The van der Waals surface area contributed by atoms with Gasteiger partial charge in [-0.25, -0.2) is 0 Å². The molecule has 3 N–H and O–H groups in total. The van der Waals surface area contributed by atoms with E-state index in [-0.39, 0.29) is 5.75 Å². The Balaban J connectivity index is 1.98. The molecule has 0 aliphatic carbocycles. The molecule has 17 heavy (non-hydrogen) atoms. The molecule has 0 aliphatic rings. The molecule has 0 atom stereocenters. The maximum absolute atomic E-state index is 9.16. The number of aromatic nitrogens is 2. The van der Waals surface area contributed by atoms with Crippen LogP contribution < -0.4 is 5.73 Å². The van der Waals surface area contributed by atoms with Crippen molar-refractivity contribution in [1.82, 2.24) is 10.1 Å². The quantitative estimate of drug-likeness (QED) is 0.812. The monoisotopic (exact) mass is 233 g/mol. The van der Waals surface area contributed by atoms with Crippen molar-refractivity contribution in [3.63, 3.8) is 0 Å². The number of aryl methyl sites for hydroxylation is 1. The molecule has 0 saturated carbocycles. The average molecular weight is 233 g/mol. The van der Waals surface area contributed by atoms with Gasteiger partial charge in [-0.05, 0) is 30.7 Å². The average Bonchev–Trinajstić information content (AvgIpc) is 2.77. The smallest absolute Gasteiger partial charge is 0.226 e. The Morgan fingerprint density at radius 3 is 2.71 bits per heavy atom. The molecule has 0 radical (unpaired) electrons. The molecule has 0 aliphatic heterocycles. The van der Waals surface area contributed by atoms with Gasteiger partial charge < -0.3 is 15.4 Å². The number of hydrogen-bond donors (Lipinski definition) is 2. The lowest BCUT2D eigenvalue weighted by molar-refractivity contribution is 0.371. The minimum absolute atomic E-state index is 0.255. The van der Waals surface area contributed by atoms with Crippen LogP contribution in [0.25, 0.3) is 0 Å². The molecule has 1 aromatic carbocycles. The molecule has 0 fully saturated rings. The van der Waals surface area contributed by atoms with Crippen LogP contribution in [0, 0.1) is 0 Å². The van der Waals surface area contributed by atoms with Gasteiger partial charge in [0.25, 0.3) is 0 Å². The Kier molecular flexibility index (Phi) is 3.72. The molecule has 0 saturated heterocycles. The molecule has 90 valence electrons. The van der Waals surface area contributed by atoms with Crippen LogP contribution in [-0.4, -0.2) is 21.8 Å². The number of nitrogens with two attached hydrogens (primary N) is 1. The molecule has 1 heterocycles. The number of aromatic hydroxyl groups is 1. The van der Waals surface area contributed by atoms with E-state index in [0.717, 1.165) is 18.4 Å². The Labute approximate surface area is 99.3 Å². The van der Waals surface area contributed by atoms with Crippen LogP contribution in [-0.2, 0) is 12.8 Å². The van der Waals surface area contributed by atoms with Gasteiger partial charge in [0.2, 0.25) is 5.89 Å². The van der Waals surface area contributed by atoms with E-state index in [1.807, 2.05) is 12.1 Å². The van der Waals surface area contributed by atoms with Crippen molar-refractivity contribution in [2.75, 3.05) is 6.54 Å². The molecule has 1 aromatic heterocycles. The van der Waals surface area contributed by atoms with Crippen LogP contribution in [0.2, 0.25) is 0 Å². The second kappa shape index (κ2) is 5.45. The summed E-state index contributed by atoms with van der Waals surface area (Å²) < 4.78 is 5.10. The molecule has 2 rings (SSSR count). The number of phenolic OH excluding ortho intramolecular Hbond substituents is 1. The number of benzene rings is 1. The van der Waals surface area contributed by atoms with E-state index in [4.69, 9.17) is 15.4 Å². The molecular weight excluding hydrogens is 218 g/mol. The molecule has 0 spiro atoms. The maximum atomic E-state index is 9.16. The van der Waals surface area contributed by atoms with Gasteiger partial charge in [0.1, 0.15) is 5.75 Å². The molecule has 0 unspecified atom stereocenters. The van der Waals surface area contributed by atoms with Crippen LogP contribution in [0.15, 0.2) is 28.8 Å². The fourth-order valence-corrected chi connectivity index (χ4v) is 1.51. The van der Waals surface area contributed by atoms with Gasteiger partial charge in [-0.3, -0.25) is 0 Å². The van der Waals surface area contributed by atoms with Crippen molar-refractivity contribution in [2.45, 2.75) is 19.3 Å². The van der Waals surface area contributed by atoms with Crippen molar-refractivity contribution in [1.29, 1.82) is 0 Å². The van der Waals surface area contributed by atoms with Crippen LogP contribution in [0.1, 0.15) is 23.7 Å². The van der Waals surface area contributed by atoms with E-state index >= 15 is 0 Å². The third-order valence-electron chi connectivity index (χ3n) is 2.40. The molecule has 2 aromatic rings. The van der Waals surface area contributed by atoms with Crippen molar-refractivity contribution >= 4 is 0 Å². The Morgan fingerprint density at radius 2 is 2.00 bits per heavy atom. The summed E-state index contributed by atoms with van der Waals surface area (Å²) in [6, 6.07) is 6.96. The Bertz CT molecular complexity index is 465. The molecule has 5 heteroatoms. The molecule has 0 amide bonds. The lowest BCUT2D eigenvalue weighted by Crippen LogP contribution is -2.00. The first-order valence-electron chi connectivity index (χ1n) is 5.57. The van der Waals surface area contributed by atoms with E-state index in [1.165, 1.54) is 0 Å². The highest BCUT2D eigenvalue weighted by Crippen LogP contribution is 2.12. The second-order valence-electron chi connectivity index (χ2n) is 3.84. The zero-order chi connectivity index (χ0) is 12.1. The summed E-state index contributed by atoms with van der Waals surface area (Å²) in [6.45, 7) is 0.621. The number of hydrogen-bond acceptors (Lipinski definition) is 5. The molecular formula is C12H15N3O2. The van der Waals surface area contributed by atoms with Gasteiger partial charge in [-0.2, -0.15) is 4.98 Å². The lowest BCUT2D eigenvalue weighted by atomic mass is 10.1. The zero-order valence-electron chi connectivity index (χ0n) is 9.47. The van der Waals surface area contributed by atoms with Gasteiger partial charge in [0.05, 0.1) is 0 Å². The Hall–Kier alpha value is -1.88. The number of phenols is 1. The lowest BCUT2D eigenvalue weighted by Gasteiger charge is -1.96. The largest absolute Gasteiger partial charge is 0.508 e. The third-order valence-corrected chi connectivity index (χ3v) is 2.40. The van der Waals surface area contributed by atoms with Crippen LogP contribution >= 0.6 is 0 Å². The summed E-state index contributed by atoms with van der Waals surface area (Å²) in [5, 5.41) is 13.1. The summed E-state index contributed by atoms with van der Waals surface area (Å²) in [4.78, 5) is 4.27. The van der Waals surface area contributed by atoms with Crippen LogP contribution in [0.5, 0.6) is 5.75 Å². The van der Waals surface area contributed by atoms with Crippen molar-refractivity contribution in [3.05, 3.63) is 41.5 Å². The highest BCUT2D eigenvalue weighted by molar-refractivity contribution is 5.27. The van der Waals surface area contributed by atoms with E-state index in [9.17, 15) is 0 Å². The fraction of sp³-hybridized carbons (Fsp3) is 0.333. The number of nitrogens with zero attached hydrogens (tertiary/aromatic N) is 2. The van der Waals surface area contributed by atoms with E-state index < -0.39 is 0 Å². The molecule has 5 nitrogen and oxygen atoms in total. The highest BCUT2D eigenvalue weighted by atomic mass is 16.5. The van der Waals surface area contributed by atoms with Gasteiger partial charge in [0, 0.05) is 12.8 Å². The highest BCUT2D eigenvalue weighted by Gasteiger charge is 2.06. The van der Waals surface area contributed by atoms with Gasteiger partial charge >= 0.3 is 0 Å². The summed E-state index contributed by atoms with van der Waals surface area (Å²) in [6.07, 6.45) is 2.17. The predicted molar refractivity (Wildman–Crippen MR) is 62.6 cm³/mol. The summed E-state index contributed by atoms with van der Waals surface area (Å²) in [5.74, 6) is 1.54. The van der Waals surface area contributed by atoms with Gasteiger partial charge in [-0.1, -0.05) is 17.3 Å². The van der Waals surface area contributed by atoms with Crippen molar-refractivity contribution in [2.24, 2.45) is 5.73 Å². The topological polar surface area (TPSA) is 85.2 Å². The minimum Gasteiger partial charge on any atom is -0.508 e. The van der Waals surface area contributed by atoms with Crippen molar-refractivity contribution in [3.8, 4) is 5.75 Å². The first-order valence-corrected chi connectivity index (χ1v) is 5.57. The summed E-state index contributed by atoms with van der Waals surface area (Å²) in [7, 11) is 0. The first-order chi connectivity index (χ1) is 8.28. The van der Waals surface area contributed by atoms with Crippen molar-refractivity contribution < 1.29 is 9.63 Å². The van der Waals surface area contributed by atoms with Crippen LogP contribution in [0.3, 0.4) is 0 Å². The number of rotatable bonds is 5. The zero-order valence-corrected chi connectivity index (χ0v) is 9.47.